The van der Waals surface area contributed by atoms with Gasteiger partial charge in [0.1, 0.15) is 5.01 Å². The van der Waals surface area contributed by atoms with Crippen molar-refractivity contribution < 1.29 is 4.39 Å². The summed E-state index contributed by atoms with van der Waals surface area (Å²) in [5.74, 6) is -0.598. The molecule has 2 nitrogen and oxygen atoms in total. The third-order valence-corrected chi connectivity index (χ3v) is 4.35. The maximum Gasteiger partial charge on any atom is 0.160 e. The van der Waals surface area contributed by atoms with E-state index < -0.39 is 5.82 Å². The molecule has 0 saturated heterocycles. The zero-order valence-electron chi connectivity index (χ0n) is 10.2. The van der Waals surface area contributed by atoms with Crippen molar-refractivity contribution >= 4 is 50.4 Å². The Balaban J connectivity index is 1.79. The highest BCUT2D eigenvalue weighted by atomic mass is 35.5. The van der Waals surface area contributed by atoms with Crippen LogP contribution in [-0.2, 0) is 6.54 Å². The Bertz CT molecular complexity index is 717. The van der Waals surface area contributed by atoms with Gasteiger partial charge < -0.3 is 5.32 Å². The van der Waals surface area contributed by atoms with Gasteiger partial charge in [0, 0.05) is 5.69 Å². The standard InChI is InChI=1S/C14H9Cl2FN2S/c15-9-5-8(6-10(16)14(9)17)18-7-13-19-11-3-1-2-4-12(11)20-13/h1-6,18H,7H2. The van der Waals surface area contributed by atoms with Crippen LogP contribution in [-0.4, -0.2) is 4.98 Å². The van der Waals surface area contributed by atoms with Crippen molar-refractivity contribution in [2.24, 2.45) is 0 Å². The quantitative estimate of drug-likeness (QED) is 0.656. The molecule has 20 heavy (non-hydrogen) atoms. The van der Waals surface area contributed by atoms with Gasteiger partial charge in [-0.05, 0) is 24.3 Å². The largest absolute Gasteiger partial charge is 0.378 e. The van der Waals surface area contributed by atoms with Gasteiger partial charge >= 0.3 is 0 Å². The van der Waals surface area contributed by atoms with Crippen LogP contribution >= 0.6 is 34.5 Å². The first kappa shape index (κ1) is 13.6. The molecule has 1 heterocycles. The number of fused-ring (bicyclic) bond motifs is 1. The van der Waals surface area contributed by atoms with Crippen LogP contribution in [0.2, 0.25) is 10.0 Å². The summed E-state index contributed by atoms with van der Waals surface area (Å²) in [4.78, 5) is 4.51. The Morgan fingerprint density at radius 2 is 1.85 bits per heavy atom. The SMILES string of the molecule is Fc1c(Cl)cc(NCc2nc3ccccc3s2)cc1Cl. The molecule has 3 aromatic rings. The highest BCUT2D eigenvalue weighted by molar-refractivity contribution is 7.18. The molecule has 1 N–H and O–H groups in total. The maximum atomic E-state index is 13.3. The molecule has 102 valence electrons. The second kappa shape index (κ2) is 5.56. The first-order valence-electron chi connectivity index (χ1n) is 5.86. The number of thiazole rings is 1. The molecule has 0 atom stereocenters. The van der Waals surface area contributed by atoms with Crippen LogP contribution in [0, 0.1) is 5.82 Å². The van der Waals surface area contributed by atoms with E-state index in [0.29, 0.717) is 12.2 Å². The number of hydrogen-bond donors (Lipinski definition) is 1. The van der Waals surface area contributed by atoms with E-state index in [2.05, 4.69) is 10.3 Å². The number of para-hydroxylation sites is 1. The predicted molar refractivity (Wildman–Crippen MR) is 83.4 cm³/mol. The lowest BCUT2D eigenvalue weighted by atomic mass is 10.3. The highest BCUT2D eigenvalue weighted by Gasteiger charge is 2.08. The van der Waals surface area contributed by atoms with Gasteiger partial charge in [0.2, 0.25) is 0 Å². The minimum atomic E-state index is -0.598. The second-order valence-corrected chi connectivity index (χ2v) is 6.11. The topological polar surface area (TPSA) is 24.9 Å². The molecule has 0 spiro atoms. The maximum absolute atomic E-state index is 13.3. The van der Waals surface area contributed by atoms with E-state index in [1.165, 1.54) is 12.1 Å². The van der Waals surface area contributed by atoms with Gasteiger partial charge in [-0.2, -0.15) is 0 Å². The fourth-order valence-corrected chi connectivity index (χ4v) is 3.22. The summed E-state index contributed by atoms with van der Waals surface area (Å²) in [5, 5.41) is 4.10. The number of nitrogens with zero attached hydrogens (tertiary/aromatic N) is 1. The molecule has 0 aliphatic heterocycles. The normalized spacial score (nSPS) is 10.9. The molecule has 0 unspecified atom stereocenters. The fraction of sp³-hybridized carbons (Fsp3) is 0.0714. The Kier molecular flexibility index (Phi) is 3.78. The molecule has 1 aromatic heterocycles. The monoisotopic (exact) mass is 326 g/mol. The fourth-order valence-electron chi connectivity index (χ4n) is 1.83. The molecule has 6 heteroatoms. The Labute approximate surface area is 129 Å². The van der Waals surface area contributed by atoms with Gasteiger partial charge in [-0.25, -0.2) is 9.37 Å². The molecule has 0 fully saturated rings. The van der Waals surface area contributed by atoms with E-state index in [4.69, 9.17) is 23.2 Å². The van der Waals surface area contributed by atoms with E-state index in [9.17, 15) is 4.39 Å². The second-order valence-electron chi connectivity index (χ2n) is 4.18. The summed E-state index contributed by atoms with van der Waals surface area (Å²) in [6, 6.07) is 11.0. The number of rotatable bonds is 3. The Morgan fingerprint density at radius 3 is 2.55 bits per heavy atom. The van der Waals surface area contributed by atoms with Crippen LogP contribution in [0.4, 0.5) is 10.1 Å². The summed E-state index contributed by atoms with van der Waals surface area (Å²) >= 11 is 13.1. The molecule has 2 aromatic carbocycles. The number of hydrogen-bond acceptors (Lipinski definition) is 3. The van der Waals surface area contributed by atoms with Gasteiger partial charge in [0.25, 0.3) is 0 Å². The molecule has 0 bridgehead atoms. The average molecular weight is 327 g/mol. The third kappa shape index (κ3) is 2.73. The molecule has 0 saturated carbocycles. The molecule has 0 aliphatic rings. The summed E-state index contributed by atoms with van der Waals surface area (Å²) in [6.45, 7) is 0.539. The van der Waals surface area contributed by atoms with Crippen molar-refractivity contribution in [2.75, 3.05) is 5.32 Å². The lowest BCUT2D eigenvalue weighted by molar-refractivity contribution is 0.629. The van der Waals surface area contributed by atoms with Gasteiger partial charge in [-0.3, -0.25) is 0 Å². The molecular formula is C14H9Cl2FN2S. The molecule has 0 amide bonds. The predicted octanol–water partition coefficient (Wildman–Crippen LogP) is 5.35. The van der Waals surface area contributed by atoms with E-state index in [1.807, 2.05) is 24.3 Å². The summed E-state index contributed by atoms with van der Waals surface area (Å²) in [6.07, 6.45) is 0. The number of nitrogens with one attached hydrogen (secondary N) is 1. The highest BCUT2D eigenvalue weighted by Crippen LogP contribution is 2.28. The van der Waals surface area contributed by atoms with E-state index >= 15 is 0 Å². The molecular weight excluding hydrogens is 318 g/mol. The van der Waals surface area contributed by atoms with Crippen LogP contribution in [0.5, 0.6) is 0 Å². The Hall–Kier alpha value is -1.36. The minimum Gasteiger partial charge on any atom is -0.378 e. The minimum absolute atomic E-state index is 0.00398. The zero-order chi connectivity index (χ0) is 14.1. The Morgan fingerprint density at radius 1 is 1.15 bits per heavy atom. The van der Waals surface area contributed by atoms with Crippen LogP contribution in [0.3, 0.4) is 0 Å². The number of halogens is 3. The van der Waals surface area contributed by atoms with Crippen molar-refractivity contribution in [3.05, 3.63) is 57.3 Å². The molecule has 0 radical (unpaired) electrons. The summed E-state index contributed by atoms with van der Waals surface area (Å²) in [5.41, 5.74) is 1.64. The third-order valence-electron chi connectivity index (χ3n) is 2.77. The van der Waals surface area contributed by atoms with Crippen molar-refractivity contribution in [1.82, 2.24) is 4.98 Å². The smallest absolute Gasteiger partial charge is 0.160 e. The number of benzene rings is 2. The summed E-state index contributed by atoms with van der Waals surface area (Å²) < 4.78 is 14.5. The first-order valence-corrected chi connectivity index (χ1v) is 7.43. The summed E-state index contributed by atoms with van der Waals surface area (Å²) in [7, 11) is 0. The van der Waals surface area contributed by atoms with Gasteiger partial charge in [-0.15, -0.1) is 11.3 Å². The van der Waals surface area contributed by atoms with E-state index in [0.717, 1.165) is 15.2 Å². The number of anilines is 1. The van der Waals surface area contributed by atoms with Crippen LogP contribution in [0.15, 0.2) is 36.4 Å². The molecule has 0 aliphatic carbocycles. The van der Waals surface area contributed by atoms with E-state index in [1.54, 1.807) is 11.3 Å². The first-order chi connectivity index (χ1) is 9.63. The van der Waals surface area contributed by atoms with Crippen molar-refractivity contribution in [1.29, 1.82) is 0 Å². The molecule has 3 rings (SSSR count). The van der Waals surface area contributed by atoms with Crippen molar-refractivity contribution in [3.63, 3.8) is 0 Å². The van der Waals surface area contributed by atoms with Crippen LogP contribution < -0.4 is 5.32 Å². The number of aromatic nitrogens is 1. The van der Waals surface area contributed by atoms with Crippen molar-refractivity contribution in [2.45, 2.75) is 6.54 Å². The van der Waals surface area contributed by atoms with Gasteiger partial charge in [-0.1, -0.05) is 35.3 Å². The lowest BCUT2D eigenvalue weighted by Gasteiger charge is -2.06. The van der Waals surface area contributed by atoms with E-state index in [-0.39, 0.29) is 10.0 Å². The van der Waals surface area contributed by atoms with Gasteiger partial charge in [0.15, 0.2) is 5.82 Å². The lowest BCUT2D eigenvalue weighted by Crippen LogP contribution is -1.99. The van der Waals surface area contributed by atoms with Crippen molar-refractivity contribution in [3.8, 4) is 0 Å². The van der Waals surface area contributed by atoms with Gasteiger partial charge in [0.05, 0.1) is 26.8 Å². The average Bonchev–Trinajstić information content (AvgIpc) is 2.85. The van der Waals surface area contributed by atoms with Crippen LogP contribution in [0.25, 0.3) is 10.2 Å². The zero-order valence-corrected chi connectivity index (χ0v) is 12.5. The van der Waals surface area contributed by atoms with Crippen LogP contribution in [0.1, 0.15) is 5.01 Å².